The Labute approximate surface area is 371 Å². The first-order valence-electron chi connectivity index (χ1n) is 22.3. The fraction of sp³-hybridized carbons (Fsp3) is 0.233. The van der Waals surface area contributed by atoms with E-state index >= 15 is 0 Å². The molecule has 0 spiro atoms. The lowest BCUT2D eigenvalue weighted by Crippen LogP contribution is -2.17. The minimum absolute atomic E-state index is 0.00189. The minimum Gasteiger partial charge on any atom is -0.310 e. The van der Waals surface area contributed by atoms with Crippen LogP contribution in [-0.4, -0.2) is 0 Å². The maximum Gasteiger partial charge on any atom is 0.0543 e. The van der Waals surface area contributed by atoms with Gasteiger partial charge in [0, 0.05) is 47.9 Å². The Morgan fingerprint density at radius 3 is 1.87 bits per heavy atom. The van der Waals surface area contributed by atoms with E-state index in [-0.39, 0.29) is 21.7 Å². The van der Waals surface area contributed by atoms with E-state index in [1.165, 1.54) is 109 Å². The fourth-order valence-corrected chi connectivity index (χ4v) is 12.3. The summed E-state index contributed by atoms with van der Waals surface area (Å²) in [4.78, 5) is 2.56. The van der Waals surface area contributed by atoms with Crippen LogP contribution in [0, 0.1) is 0 Å². The molecule has 0 amide bonds. The molecule has 2 heteroatoms. The van der Waals surface area contributed by atoms with Gasteiger partial charge in [-0.05, 0) is 125 Å². The average Bonchev–Trinajstić information content (AvgIpc) is 3.82. The lowest BCUT2D eigenvalue weighted by Gasteiger charge is -2.30. The largest absolute Gasteiger partial charge is 0.310 e. The van der Waals surface area contributed by atoms with E-state index in [0.717, 1.165) is 5.69 Å². The molecular weight excluding hydrogens is 767 g/mol. The van der Waals surface area contributed by atoms with E-state index in [4.69, 9.17) is 0 Å². The number of fused-ring (bicyclic) bond motifs is 11. The van der Waals surface area contributed by atoms with Crippen LogP contribution in [0.3, 0.4) is 0 Å². The summed E-state index contributed by atoms with van der Waals surface area (Å²) in [6.45, 7) is 23.8. The molecule has 1 heterocycles. The summed E-state index contributed by atoms with van der Waals surface area (Å²) in [6.07, 6.45) is 0. The quantitative estimate of drug-likeness (QED) is 0.171. The van der Waals surface area contributed by atoms with Crippen LogP contribution in [0.2, 0.25) is 0 Å². The predicted octanol–water partition coefficient (Wildman–Crippen LogP) is 17.6. The first kappa shape index (κ1) is 38.9. The molecule has 0 fully saturated rings. The minimum atomic E-state index is -0.191. The molecule has 2 aliphatic carbocycles. The van der Waals surface area contributed by atoms with Crippen molar-refractivity contribution in [2.24, 2.45) is 0 Å². The van der Waals surface area contributed by atoms with Crippen LogP contribution in [0.1, 0.15) is 103 Å². The zero-order valence-electron chi connectivity index (χ0n) is 37.8. The Bertz CT molecular complexity index is 3300. The van der Waals surface area contributed by atoms with Crippen LogP contribution in [0.15, 0.2) is 152 Å². The van der Waals surface area contributed by atoms with Crippen LogP contribution in [-0.2, 0) is 21.7 Å². The van der Waals surface area contributed by atoms with Crippen molar-refractivity contribution in [3.05, 3.63) is 185 Å². The third-order valence-electron chi connectivity index (χ3n) is 14.3. The first-order chi connectivity index (χ1) is 29.5. The van der Waals surface area contributed by atoms with E-state index in [2.05, 4.69) is 226 Å². The monoisotopic (exact) mass is 821 g/mol. The van der Waals surface area contributed by atoms with Gasteiger partial charge < -0.3 is 4.90 Å². The van der Waals surface area contributed by atoms with Gasteiger partial charge in [0.1, 0.15) is 0 Å². The van der Waals surface area contributed by atoms with Crippen molar-refractivity contribution in [2.75, 3.05) is 4.90 Å². The zero-order chi connectivity index (χ0) is 43.1. The normalized spacial score (nSPS) is 14.9. The Hall–Kier alpha value is -5.96. The van der Waals surface area contributed by atoms with Gasteiger partial charge in [0.2, 0.25) is 0 Å². The number of hydrogen-bond acceptors (Lipinski definition) is 2. The van der Waals surface area contributed by atoms with E-state index in [1.54, 1.807) is 0 Å². The molecule has 306 valence electrons. The number of hydrogen-bond donors (Lipinski definition) is 0. The predicted molar refractivity (Wildman–Crippen MR) is 269 cm³/mol. The van der Waals surface area contributed by atoms with Crippen LogP contribution in [0.5, 0.6) is 0 Å². The molecule has 2 aliphatic rings. The second kappa shape index (κ2) is 13.3. The Morgan fingerprint density at radius 1 is 0.468 bits per heavy atom. The Morgan fingerprint density at radius 2 is 1.10 bits per heavy atom. The van der Waals surface area contributed by atoms with Gasteiger partial charge in [0.25, 0.3) is 0 Å². The highest BCUT2D eigenvalue weighted by Crippen LogP contribution is 2.59. The highest BCUT2D eigenvalue weighted by molar-refractivity contribution is 7.26. The van der Waals surface area contributed by atoms with E-state index in [0.29, 0.717) is 0 Å². The third kappa shape index (κ3) is 5.65. The summed E-state index contributed by atoms with van der Waals surface area (Å²) in [5.41, 5.74) is 19.5. The molecule has 8 aromatic carbocycles. The van der Waals surface area contributed by atoms with Crippen molar-refractivity contribution in [3.8, 4) is 33.4 Å². The van der Waals surface area contributed by atoms with Crippen molar-refractivity contribution >= 4 is 59.3 Å². The Kier molecular flexibility index (Phi) is 8.33. The van der Waals surface area contributed by atoms with Gasteiger partial charge in [-0.1, -0.05) is 178 Å². The molecule has 0 saturated carbocycles. The highest BCUT2D eigenvalue weighted by Gasteiger charge is 2.41. The van der Waals surface area contributed by atoms with Crippen LogP contribution in [0.4, 0.5) is 17.1 Å². The van der Waals surface area contributed by atoms with Crippen LogP contribution >= 0.6 is 11.3 Å². The van der Waals surface area contributed by atoms with Crippen LogP contribution in [0.25, 0.3) is 64.3 Å². The van der Waals surface area contributed by atoms with Crippen molar-refractivity contribution < 1.29 is 0 Å². The third-order valence-corrected chi connectivity index (χ3v) is 15.5. The van der Waals surface area contributed by atoms with E-state index in [1.807, 2.05) is 11.3 Å². The van der Waals surface area contributed by atoms with Gasteiger partial charge in [0.15, 0.2) is 0 Å². The molecular formula is C60H55NS. The van der Waals surface area contributed by atoms with Gasteiger partial charge in [-0.2, -0.15) is 0 Å². The van der Waals surface area contributed by atoms with E-state index < -0.39 is 0 Å². The maximum absolute atomic E-state index is 2.56. The second-order valence-corrected chi connectivity index (χ2v) is 22.1. The van der Waals surface area contributed by atoms with Gasteiger partial charge in [0.05, 0.1) is 5.69 Å². The number of nitrogens with zero attached hydrogens (tertiary/aromatic N) is 1. The van der Waals surface area contributed by atoms with Crippen molar-refractivity contribution in [3.63, 3.8) is 0 Å². The smallest absolute Gasteiger partial charge is 0.0543 e. The van der Waals surface area contributed by atoms with Crippen molar-refractivity contribution in [1.82, 2.24) is 0 Å². The highest BCUT2D eigenvalue weighted by atomic mass is 32.1. The molecule has 11 rings (SSSR count). The molecule has 0 unspecified atom stereocenters. The van der Waals surface area contributed by atoms with Gasteiger partial charge in [-0.25, -0.2) is 0 Å². The summed E-state index contributed by atoms with van der Waals surface area (Å²) in [5.74, 6) is 0. The number of rotatable bonds is 4. The molecule has 9 aromatic rings. The number of benzene rings is 8. The van der Waals surface area contributed by atoms with Crippen molar-refractivity contribution in [1.29, 1.82) is 0 Å². The molecule has 62 heavy (non-hydrogen) atoms. The zero-order valence-corrected chi connectivity index (χ0v) is 38.6. The first-order valence-corrected chi connectivity index (χ1v) is 23.2. The van der Waals surface area contributed by atoms with Crippen LogP contribution < -0.4 is 4.90 Å². The lowest BCUT2D eigenvalue weighted by atomic mass is 9.79. The summed E-state index contributed by atoms with van der Waals surface area (Å²) >= 11 is 1.98. The maximum atomic E-state index is 2.56. The summed E-state index contributed by atoms with van der Waals surface area (Å²) < 4.78 is 2.77. The standard InChI is InChI=1S/C60H55NS/c1-57(2,3)38-33-45-53-52(62-56(45)50(34-38)58(4,5)6)32-31-48-55(53)54-47(60(48,9)10)23-16-24-51(54)61(40-29-30-44-43-20-13-14-22-46(43)59(7,8)49(44)35-40)39-27-25-37(26-28-39)42-21-15-18-36-17-11-12-19-41(36)42/h11-35H,1-10H3. The SMILES string of the molecule is CC(C)(C)c1cc(C(C)(C)C)c2sc3ccc4c(c3c2c1)-c1c(N(c2ccc(-c3cccc5ccccc35)cc2)c2ccc3c(c2)C(C)(C)c2ccccc2-3)cccc1C4(C)C. The molecule has 1 aromatic heterocycles. The molecule has 0 atom stereocenters. The molecule has 0 aliphatic heterocycles. The second-order valence-electron chi connectivity index (χ2n) is 21.0. The average molecular weight is 822 g/mol. The van der Waals surface area contributed by atoms with Gasteiger partial charge >= 0.3 is 0 Å². The fourth-order valence-electron chi connectivity index (χ4n) is 10.9. The van der Waals surface area contributed by atoms with Crippen molar-refractivity contribution in [2.45, 2.75) is 90.9 Å². The topological polar surface area (TPSA) is 3.24 Å². The van der Waals surface area contributed by atoms with Gasteiger partial charge in [-0.15, -0.1) is 11.3 Å². The molecule has 0 saturated heterocycles. The molecule has 0 bridgehead atoms. The lowest BCUT2D eigenvalue weighted by molar-refractivity contribution is 0.573. The molecule has 1 nitrogen and oxygen atoms in total. The number of thiophene rings is 1. The summed E-state index contributed by atoms with van der Waals surface area (Å²) in [7, 11) is 0. The molecule has 0 radical (unpaired) electrons. The summed E-state index contributed by atoms with van der Waals surface area (Å²) in [6, 6.07) is 57.9. The Balaban J connectivity index is 1.19. The van der Waals surface area contributed by atoms with E-state index in [9.17, 15) is 0 Å². The molecule has 0 N–H and O–H groups in total. The summed E-state index contributed by atoms with van der Waals surface area (Å²) in [5, 5.41) is 5.32. The number of anilines is 3. The van der Waals surface area contributed by atoms with Gasteiger partial charge in [-0.3, -0.25) is 0 Å².